The van der Waals surface area contributed by atoms with Gasteiger partial charge in [-0.2, -0.15) is 5.10 Å². The lowest BCUT2D eigenvalue weighted by Crippen LogP contribution is -2.12. The number of nitrogens with one attached hydrogen (secondary N) is 1. The van der Waals surface area contributed by atoms with Crippen LogP contribution in [-0.4, -0.2) is 19.6 Å². The van der Waals surface area contributed by atoms with Crippen LogP contribution >= 0.6 is 23.2 Å². The minimum atomic E-state index is -4.05. The molecule has 0 bridgehead atoms. The number of hydrazone groups is 1. The summed E-state index contributed by atoms with van der Waals surface area (Å²) in [5.74, 6) is 0. The van der Waals surface area contributed by atoms with E-state index in [-0.39, 0.29) is 15.6 Å². The van der Waals surface area contributed by atoms with Gasteiger partial charge >= 0.3 is 0 Å². The Morgan fingerprint density at radius 2 is 1.96 bits per heavy atom. The fourth-order valence-corrected chi connectivity index (χ4v) is 2.62. The summed E-state index contributed by atoms with van der Waals surface area (Å²) in [6.45, 7) is 0. The van der Waals surface area contributed by atoms with Crippen LogP contribution in [-0.2, 0) is 10.0 Å². The Morgan fingerprint density at radius 1 is 1.25 bits per heavy atom. The van der Waals surface area contributed by atoms with E-state index in [0.717, 1.165) is 12.1 Å². The number of hydrogen-bond acceptors (Lipinski definition) is 6. The Balaban J connectivity index is 2.31. The van der Waals surface area contributed by atoms with Crippen LogP contribution in [0.4, 0.5) is 11.4 Å². The Morgan fingerprint density at radius 3 is 2.58 bits per heavy atom. The zero-order valence-electron chi connectivity index (χ0n) is 11.8. The van der Waals surface area contributed by atoms with Crippen molar-refractivity contribution in [2.45, 2.75) is 4.90 Å². The van der Waals surface area contributed by atoms with Gasteiger partial charge in [-0.05, 0) is 18.2 Å². The maximum absolute atomic E-state index is 11.3. The van der Waals surface area contributed by atoms with Gasteiger partial charge in [-0.25, -0.2) is 13.6 Å². The molecule has 0 aliphatic heterocycles. The van der Waals surface area contributed by atoms with Gasteiger partial charge in [0.25, 0.3) is 5.69 Å². The summed E-state index contributed by atoms with van der Waals surface area (Å²) in [4.78, 5) is 9.95. The predicted octanol–water partition coefficient (Wildman–Crippen LogP) is 3.00. The highest BCUT2D eigenvalue weighted by atomic mass is 35.5. The van der Waals surface area contributed by atoms with Crippen molar-refractivity contribution in [2.24, 2.45) is 10.2 Å². The highest BCUT2D eigenvalue weighted by Crippen LogP contribution is 2.27. The monoisotopic (exact) mass is 388 g/mol. The van der Waals surface area contributed by atoms with Crippen LogP contribution in [0.2, 0.25) is 10.0 Å². The summed E-state index contributed by atoms with van der Waals surface area (Å²) in [6.07, 6.45) is 1.32. The molecule has 0 amide bonds. The third kappa shape index (κ3) is 4.20. The second-order valence-corrected chi connectivity index (χ2v) is 6.84. The van der Waals surface area contributed by atoms with Gasteiger partial charge in [-0.3, -0.25) is 15.5 Å². The first-order valence-electron chi connectivity index (χ1n) is 6.24. The molecule has 0 spiro atoms. The highest BCUT2D eigenvalue weighted by molar-refractivity contribution is 7.89. The quantitative estimate of drug-likeness (QED) is 0.462. The predicted molar refractivity (Wildman–Crippen MR) is 92.1 cm³/mol. The SMILES string of the molecule is NS(=O)(=O)c1ccc(N/N=C/c2cccc(Cl)c2Cl)c([N+](=O)[O-])c1. The molecular formula is C13H10Cl2N4O4S. The zero-order chi connectivity index (χ0) is 17.9. The lowest BCUT2D eigenvalue weighted by Gasteiger charge is -2.04. The second-order valence-electron chi connectivity index (χ2n) is 4.49. The molecule has 0 aliphatic rings. The summed E-state index contributed by atoms with van der Waals surface area (Å²) in [6, 6.07) is 8.09. The topological polar surface area (TPSA) is 128 Å². The number of nitro groups is 1. The fourth-order valence-electron chi connectivity index (χ4n) is 1.73. The highest BCUT2D eigenvalue weighted by Gasteiger charge is 2.18. The molecule has 2 aromatic rings. The number of nitrogens with zero attached hydrogens (tertiary/aromatic N) is 2. The first kappa shape index (κ1) is 18.1. The van der Waals surface area contributed by atoms with Crippen molar-refractivity contribution in [2.75, 3.05) is 5.43 Å². The number of halogens is 2. The fraction of sp³-hybridized carbons (Fsp3) is 0. The van der Waals surface area contributed by atoms with Crippen molar-refractivity contribution >= 4 is 50.8 Å². The number of sulfonamides is 1. The largest absolute Gasteiger partial charge is 0.295 e. The van der Waals surface area contributed by atoms with Gasteiger partial charge in [0.2, 0.25) is 10.0 Å². The van der Waals surface area contributed by atoms with Crippen LogP contribution < -0.4 is 10.6 Å². The number of benzene rings is 2. The average molecular weight is 389 g/mol. The van der Waals surface area contributed by atoms with Crippen LogP contribution in [0, 0.1) is 10.1 Å². The molecule has 0 saturated heterocycles. The summed E-state index contributed by atoms with van der Waals surface area (Å²) >= 11 is 11.9. The third-order valence-electron chi connectivity index (χ3n) is 2.86. The second kappa shape index (κ2) is 7.14. The molecule has 0 saturated carbocycles. The van der Waals surface area contributed by atoms with Gasteiger partial charge < -0.3 is 0 Å². The van der Waals surface area contributed by atoms with E-state index in [1.165, 1.54) is 12.3 Å². The van der Waals surface area contributed by atoms with Crippen molar-refractivity contribution in [1.29, 1.82) is 0 Å². The lowest BCUT2D eigenvalue weighted by molar-refractivity contribution is -0.384. The van der Waals surface area contributed by atoms with E-state index in [1.54, 1.807) is 18.2 Å². The molecule has 3 N–H and O–H groups in total. The van der Waals surface area contributed by atoms with Crippen LogP contribution in [0.15, 0.2) is 46.4 Å². The standard InChI is InChI=1S/C13H10Cl2N4O4S/c14-10-3-1-2-8(13(10)15)7-17-18-11-5-4-9(24(16,22)23)6-12(11)19(20)21/h1-7,18H,(H2,16,22,23)/b17-7+. The van der Waals surface area contributed by atoms with Crippen molar-refractivity contribution in [1.82, 2.24) is 0 Å². The number of anilines is 1. The van der Waals surface area contributed by atoms with Crippen molar-refractivity contribution in [3.8, 4) is 0 Å². The summed E-state index contributed by atoms with van der Waals surface area (Å²) in [7, 11) is -4.05. The molecule has 126 valence electrons. The molecule has 0 heterocycles. The number of nitrogens with two attached hydrogens (primary N) is 1. The van der Waals surface area contributed by atoms with Gasteiger partial charge in [0.05, 0.1) is 26.1 Å². The van der Waals surface area contributed by atoms with Crippen LogP contribution in [0.5, 0.6) is 0 Å². The molecule has 0 unspecified atom stereocenters. The van der Waals surface area contributed by atoms with Gasteiger partial charge in [0.15, 0.2) is 0 Å². The Bertz CT molecular complexity index is 932. The average Bonchev–Trinajstić information content (AvgIpc) is 2.50. The van der Waals surface area contributed by atoms with Gasteiger partial charge in [-0.15, -0.1) is 0 Å². The maximum atomic E-state index is 11.3. The summed E-state index contributed by atoms with van der Waals surface area (Å²) < 4.78 is 22.5. The number of nitro benzene ring substituents is 1. The van der Waals surface area contributed by atoms with E-state index in [9.17, 15) is 18.5 Å². The van der Waals surface area contributed by atoms with E-state index >= 15 is 0 Å². The van der Waals surface area contributed by atoms with E-state index < -0.39 is 20.6 Å². The summed E-state index contributed by atoms with van der Waals surface area (Å²) in [5.41, 5.74) is 2.46. The molecule has 2 aromatic carbocycles. The smallest absolute Gasteiger partial charge is 0.272 e. The van der Waals surface area contributed by atoms with Gasteiger partial charge in [0.1, 0.15) is 5.69 Å². The first-order chi connectivity index (χ1) is 11.2. The van der Waals surface area contributed by atoms with E-state index in [0.29, 0.717) is 10.6 Å². The maximum Gasteiger partial charge on any atom is 0.295 e. The van der Waals surface area contributed by atoms with Gasteiger partial charge in [0, 0.05) is 11.6 Å². The third-order valence-corrected chi connectivity index (χ3v) is 4.61. The molecule has 0 aromatic heterocycles. The molecule has 0 radical (unpaired) electrons. The lowest BCUT2D eigenvalue weighted by atomic mass is 10.2. The Kier molecular flexibility index (Phi) is 5.40. The summed E-state index contributed by atoms with van der Waals surface area (Å²) in [5, 5.41) is 20.5. The molecule has 11 heteroatoms. The molecule has 0 aliphatic carbocycles. The van der Waals surface area contributed by atoms with E-state index in [4.69, 9.17) is 28.3 Å². The van der Waals surface area contributed by atoms with E-state index in [2.05, 4.69) is 10.5 Å². The van der Waals surface area contributed by atoms with Crippen molar-refractivity contribution in [3.63, 3.8) is 0 Å². The van der Waals surface area contributed by atoms with Crippen molar-refractivity contribution < 1.29 is 13.3 Å². The van der Waals surface area contributed by atoms with E-state index in [1.807, 2.05) is 0 Å². The van der Waals surface area contributed by atoms with Gasteiger partial charge in [-0.1, -0.05) is 35.3 Å². The molecule has 0 fully saturated rings. The number of primary sulfonamides is 1. The Labute approximate surface area is 147 Å². The number of rotatable bonds is 5. The molecule has 2 rings (SSSR count). The van der Waals surface area contributed by atoms with Crippen LogP contribution in [0.1, 0.15) is 5.56 Å². The zero-order valence-corrected chi connectivity index (χ0v) is 14.1. The van der Waals surface area contributed by atoms with Crippen LogP contribution in [0.25, 0.3) is 0 Å². The minimum Gasteiger partial charge on any atom is -0.272 e. The number of hydrogen-bond donors (Lipinski definition) is 2. The molecule has 24 heavy (non-hydrogen) atoms. The normalized spacial score (nSPS) is 11.6. The Hall–Kier alpha value is -2.20. The molecule has 0 atom stereocenters. The van der Waals surface area contributed by atoms with Crippen molar-refractivity contribution in [3.05, 3.63) is 62.1 Å². The molecular weight excluding hydrogens is 379 g/mol. The first-order valence-corrected chi connectivity index (χ1v) is 8.54. The molecule has 8 nitrogen and oxygen atoms in total. The van der Waals surface area contributed by atoms with Crippen LogP contribution in [0.3, 0.4) is 0 Å². The minimum absolute atomic E-state index is 0.0122.